The van der Waals surface area contributed by atoms with E-state index in [0.717, 1.165) is 5.69 Å². The molecular weight excluding hydrogens is 146 g/mol. The molecule has 0 saturated heterocycles. The normalized spacial score (nSPS) is 11.3. The van der Waals surface area contributed by atoms with Crippen molar-refractivity contribution >= 4 is 6.08 Å². The van der Waals surface area contributed by atoms with Crippen molar-refractivity contribution in [3.63, 3.8) is 0 Å². The van der Waals surface area contributed by atoms with Gasteiger partial charge in [0.05, 0.1) is 5.69 Å². The fourth-order valence-electron chi connectivity index (χ4n) is 0.942. The minimum atomic E-state index is 0.590. The van der Waals surface area contributed by atoms with Gasteiger partial charge in [-0.2, -0.15) is 0 Å². The predicted octanol–water partition coefficient (Wildman–Crippen LogP) is 3.06. The smallest absolute Gasteiger partial charge is 0.0629 e. The van der Waals surface area contributed by atoms with Crippen LogP contribution in [0.25, 0.3) is 6.08 Å². The maximum Gasteiger partial charge on any atom is 0.0629 e. The molecule has 0 unspecified atom stereocenters. The fourth-order valence-corrected chi connectivity index (χ4v) is 0.942. The Kier molecular flexibility index (Phi) is 3.03. The van der Waals surface area contributed by atoms with Gasteiger partial charge in [-0.1, -0.05) is 19.9 Å². The third kappa shape index (κ3) is 2.87. The van der Waals surface area contributed by atoms with E-state index in [1.165, 1.54) is 5.56 Å². The Morgan fingerprint density at radius 1 is 1.42 bits per heavy atom. The second-order valence-corrected chi connectivity index (χ2v) is 3.36. The van der Waals surface area contributed by atoms with Gasteiger partial charge in [-0.25, -0.2) is 0 Å². The molecule has 1 aromatic rings. The van der Waals surface area contributed by atoms with Crippen LogP contribution < -0.4 is 0 Å². The van der Waals surface area contributed by atoms with Crippen LogP contribution in [0.4, 0.5) is 0 Å². The molecule has 0 aromatic carbocycles. The molecule has 0 N–H and O–H groups in total. The Balaban J connectivity index is 2.76. The van der Waals surface area contributed by atoms with Gasteiger partial charge in [0.15, 0.2) is 0 Å². The van der Waals surface area contributed by atoms with Crippen molar-refractivity contribution in [2.75, 3.05) is 0 Å². The van der Waals surface area contributed by atoms with Crippen molar-refractivity contribution in [3.8, 4) is 0 Å². The summed E-state index contributed by atoms with van der Waals surface area (Å²) in [7, 11) is 0. The van der Waals surface area contributed by atoms with Crippen molar-refractivity contribution in [2.24, 2.45) is 5.92 Å². The zero-order valence-electron chi connectivity index (χ0n) is 7.91. The van der Waals surface area contributed by atoms with E-state index in [4.69, 9.17) is 0 Å². The lowest BCUT2D eigenvalue weighted by Crippen LogP contribution is -1.82. The zero-order valence-corrected chi connectivity index (χ0v) is 7.91. The highest BCUT2D eigenvalue weighted by atomic mass is 14.6. The maximum atomic E-state index is 4.22. The molecular formula is C11H15N. The largest absolute Gasteiger partial charge is 0.257 e. The SMILES string of the molecule is Cc1ccnc(C=CC(C)C)c1. The van der Waals surface area contributed by atoms with Crippen LogP contribution >= 0.6 is 0 Å². The summed E-state index contributed by atoms with van der Waals surface area (Å²) in [6.07, 6.45) is 6.06. The van der Waals surface area contributed by atoms with E-state index in [1.54, 1.807) is 0 Å². The van der Waals surface area contributed by atoms with Gasteiger partial charge in [0.2, 0.25) is 0 Å². The maximum absolute atomic E-state index is 4.22. The average Bonchev–Trinajstić information content (AvgIpc) is 2.01. The summed E-state index contributed by atoms with van der Waals surface area (Å²) in [5.74, 6) is 0.590. The van der Waals surface area contributed by atoms with Gasteiger partial charge in [-0.15, -0.1) is 0 Å². The summed E-state index contributed by atoms with van der Waals surface area (Å²) >= 11 is 0. The van der Waals surface area contributed by atoms with Gasteiger partial charge in [0, 0.05) is 6.20 Å². The number of aromatic nitrogens is 1. The van der Waals surface area contributed by atoms with Crippen molar-refractivity contribution < 1.29 is 0 Å². The summed E-state index contributed by atoms with van der Waals surface area (Å²) in [4.78, 5) is 4.22. The first-order valence-electron chi connectivity index (χ1n) is 4.29. The molecule has 1 rings (SSSR count). The van der Waals surface area contributed by atoms with Crippen LogP contribution in [0.3, 0.4) is 0 Å². The first kappa shape index (κ1) is 8.98. The third-order valence-corrected chi connectivity index (χ3v) is 1.59. The van der Waals surface area contributed by atoms with Crippen LogP contribution in [-0.2, 0) is 0 Å². The molecule has 1 heteroatoms. The summed E-state index contributed by atoms with van der Waals surface area (Å²) in [6.45, 7) is 6.40. The number of allylic oxidation sites excluding steroid dienone is 1. The number of hydrogen-bond donors (Lipinski definition) is 0. The molecule has 0 spiro atoms. The Labute approximate surface area is 74.2 Å². The molecule has 0 amide bonds. The second kappa shape index (κ2) is 4.05. The van der Waals surface area contributed by atoms with Gasteiger partial charge >= 0.3 is 0 Å². The van der Waals surface area contributed by atoms with Crippen LogP contribution in [-0.4, -0.2) is 4.98 Å². The Bertz CT molecular complexity index is 274. The summed E-state index contributed by atoms with van der Waals surface area (Å²) in [5.41, 5.74) is 2.30. The molecule has 0 bridgehead atoms. The van der Waals surface area contributed by atoms with Gasteiger partial charge in [-0.3, -0.25) is 4.98 Å². The van der Waals surface area contributed by atoms with Crippen LogP contribution in [0.15, 0.2) is 24.4 Å². The molecule has 0 saturated carbocycles. The van der Waals surface area contributed by atoms with Crippen molar-refractivity contribution in [1.82, 2.24) is 4.98 Å². The molecule has 1 nitrogen and oxygen atoms in total. The van der Waals surface area contributed by atoms with E-state index >= 15 is 0 Å². The van der Waals surface area contributed by atoms with Gasteiger partial charge < -0.3 is 0 Å². The van der Waals surface area contributed by atoms with Crippen LogP contribution in [0.2, 0.25) is 0 Å². The van der Waals surface area contributed by atoms with E-state index < -0.39 is 0 Å². The predicted molar refractivity (Wildman–Crippen MR) is 52.8 cm³/mol. The van der Waals surface area contributed by atoms with E-state index in [-0.39, 0.29) is 0 Å². The molecule has 0 aliphatic rings. The highest BCUT2D eigenvalue weighted by Crippen LogP contribution is 2.04. The van der Waals surface area contributed by atoms with Crippen LogP contribution in [0.5, 0.6) is 0 Å². The number of nitrogens with zero attached hydrogens (tertiary/aromatic N) is 1. The monoisotopic (exact) mass is 161 g/mol. The highest BCUT2D eigenvalue weighted by molar-refractivity contribution is 5.45. The zero-order chi connectivity index (χ0) is 8.97. The molecule has 64 valence electrons. The Morgan fingerprint density at radius 3 is 2.75 bits per heavy atom. The minimum Gasteiger partial charge on any atom is -0.257 e. The van der Waals surface area contributed by atoms with E-state index in [0.29, 0.717) is 5.92 Å². The molecule has 0 fully saturated rings. The fraction of sp³-hybridized carbons (Fsp3) is 0.364. The van der Waals surface area contributed by atoms with E-state index in [9.17, 15) is 0 Å². The topological polar surface area (TPSA) is 12.9 Å². The third-order valence-electron chi connectivity index (χ3n) is 1.59. The molecule has 0 atom stereocenters. The molecule has 1 aromatic heterocycles. The van der Waals surface area contributed by atoms with Gasteiger partial charge in [-0.05, 0) is 36.6 Å². The average molecular weight is 161 g/mol. The van der Waals surface area contributed by atoms with Crippen molar-refractivity contribution in [1.29, 1.82) is 0 Å². The minimum absolute atomic E-state index is 0.590. The molecule has 0 aliphatic carbocycles. The first-order chi connectivity index (χ1) is 5.68. The Hall–Kier alpha value is -1.11. The number of aryl methyl sites for hydroxylation is 1. The van der Waals surface area contributed by atoms with E-state index in [2.05, 4.69) is 44.0 Å². The quantitative estimate of drug-likeness (QED) is 0.649. The molecule has 1 heterocycles. The summed E-state index contributed by atoms with van der Waals surface area (Å²) < 4.78 is 0. The van der Waals surface area contributed by atoms with E-state index in [1.807, 2.05) is 12.3 Å². The first-order valence-corrected chi connectivity index (χ1v) is 4.29. The number of hydrogen-bond acceptors (Lipinski definition) is 1. The standard InChI is InChI=1S/C11H15N/c1-9(2)4-5-11-8-10(3)6-7-12-11/h4-9H,1-3H3. The molecule has 0 radical (unpaired) electrons. The van der Waals surface area contributed by atoms with Crippen LogP contribution in [0, 0.1) is 12.8 Å². The van der Waals surface area contributed by atoms with Crippen LogP contribution in [0.1, 0.15) is 25.1 Å². The molecule has 0 aliphatic heterocycles. The van der Waals surface area contributed by atoms with Crippen molar-refractivity contribution in [2.45, 2.75) is 20.8 Å². The lowest BCUT2D eigenvalue weighted by Gasteiger charge is -1.96. The lowest BCUT2D eigenvalue weighted by molar-refractivity contribution is 0.836. The molecule has 12 heavy (non-hydrogen) atoms. The lowest BCUT2D eigenvalue weighted by atomic mass is 10.2. The van der Waals surface area contributed by atoms with Gasteiger partial charge in [0.1, 0.15) is 0 Å². The number of pyridine rings is 1. The van der Waals surface area contributed by atoms with Crippen molar-refractivity contribution in [3.05, 3.63) is 35.7 Å². The summed E-state index contributed by atoms with van der Waals surface area (Å²) in [6, 6.07) is 4.09. The number of rotatable bonds is 2. The van der Waals surface area contributed by atoms with Gasteiger partial charge in [0.25, 0.3) is 0 Å². The second-order valence-electron chi connectivity index (χ2n) is 3.36. The Morgan fingerprint density at radius 2 is 2.17 bits per heavy atom. The summed E-state index contributed by atoms with van der Waals surface area (Å²) in [5, 5.41) is 0. The highest BCUT2D eigenvalue weighted by Gasteiger charge is 1.89.